The van der Waals surface area contributed by atoms with Crippen LogP contribution < -0.4 is 0 Å². The molecule has 0 aliphatic heterocycles. The molecule has 74 valence electrons. The molecule has 0 aliphatic rings. The Bertz CT molecular complexity index is 97.1. The van der Waals surface area contributed by atoms with E-state index in [1.165, 1.54) is 7.11 Å². The van der Waals surface area contributed by atoms with Crippen molar-refractivity contribution >= 4 is 0 Å². The third-order valence-corrected chi connectivity index (χ3v) is 1.62. The van der Waals surface area contributed by atoms with Gasteiger partial charge in [0.05, 0.1) is 18.8 Å². The van der Waals surface area contributed by atoms with Gasteiger partial charge in [-0.25, -0.2) is 0 Å². The number of hydrogen-bond acceptors (Lipinski definition) is 4. The number of hydrogen-bond donors (Lipinski definition) is 2. The van der Waals surface area contributed by atoms with Gasteiger partial charge < -0.3 is 19.7 Å². The summed E-state index contributed by atoms with van der Waals surface area (Å²) in [5, 5.41) is 18.4. The Labute approximate surface area is 73.1 Å². The van der Waals surface area contributed by atoms with Crippen molar-refractivity contribution in [3.05, 3.63) is 0 Å². The summed E-state index contributed by atoms with van der Waals surface area (Å²) in [4.78, 5) is 0. The zero-order chi connectivity index (χ0) is 9.40. The maximum absolute atomic E-state index is 9.25. The van der Waals surface area contributed by atoms with Gasteiger partial charge in [-0.1, -0.05) is 6.92 Å². The summed E-state index contributed by atoms with van der Waals surface area (Å²) in [6, 6.07) is 0. The Morgan fingerprint density at radius 2 is 1.92 bits per heavy atom. The molecule has 4 nitrogen and oxygen atoms in total. The van der Waals surface area contributed by atoms with Crippen molar-refractivity contribution in [1.82, 2.24) is 0 Å². The lowest BCUT2D eigenvalue weighted by Gasteiger charge is -2.15. The highest BCUT2D eigenvalue weighted by Gasteiger charge is 2.12. The van der Waals surface area contributed by atoms with Crippen LogP contribution in [-0.4, -0.2) is 42.9 Å². The minimum atomic E-state index is -0.688. The van der Waals surface area contributed by atoms with Crippen LogP contribution in [0.15, 0.2) is 0 Å². The van der Waals surface area contributed by atoms with Gasteiger partial charge >= 0.3 is 0 Å². The Hall–Kier alpha value is -0.160. The lowest BCUT2D eigenvalue weighted by Crippen LogP contribution is -2.26. The van der Waals surface area contributed by atoms with Crippen LogP contribution in [0.1, 0.15) is 19.8 Å². The van der Waals surface area contributed by atoms with E-state index in [1.807, 2.05) is 6.92 Å². The number of aliphatic hydroxyl groups is 2. The number of rotatable bonds is 7. The highest BCUT2D eigenvalue weighted by molar-refractivity contribution is 4.64. The van der Waals surface area contributed by atoms with E-state index in [9.17, 15) is 5.11 Å². The summed E-state index contributed by atoms with van der Waals surface area (Å²) in [5.41, 5.74) is 0. The molecule has 4 heteroatoms. The molecule has 0 aromatic heterocycles. The van der Waals surface area contributed by atoms with E-state index >= 15 is 0 Å². The third-order valence-electron chi connectivity index (χ3n) is 1.62. The van der Waals surface area contributed by atoms with E-state index in [4.69, 9.17) is 9.84 Å². The third kappa shape index (κ3) is 5.49. The minimum Gasteiger partial charge on any atom is -0.390 e. The van der Waals surface area contributed by atoms with Crippen LogP contribution in [0.25, 0.3) is 0 Å². The van der Waals surface area contributed by atoms with Gasteiger partial charge in [-0.2, -0.15) is 0 Å². The van der Waals surface area contributed by atoms with E-state index in [1.54, 1.807) is 0 Å². The predicted octanol–water partition coefficient (Wildman–Crippen LogP) is 0.129. The lowest BCUT2D eigenvalue weighted by atomic mass is 10.1. The van der Waals surface area contributed by atoms with E-state index in [-0.39, 0.29) is 6.79 Å². The second-order valence-corrected chi connectivity index (χ2v) is 2.65. The van der Waals surface area contributed by atoms with Crippen LogP contribution in [0.4, 0.5) is 0 Å². The van der Waals surface area contributed by atoms with Crippen molar-refractivity contribution < 1.29 is 19.7 Å². The average molecular weight is 178 g/mol. The standard InChI is InChI=1S/C8H18O4/c1-3-7(9)8(10)4-5-12-6-11-2/h7-10H,3-6H2,1-2H3/t7-,8-/m1/s1. The summed E-state index contributed by atoms with van der Waals surface area (Å²) in [5.74, 6) is 0. The Balaban J connectivity index is 3.24. The molecule has 2 N–H and O–H groups in total. The molecule has 12 heavy (non-hydrogen) atoms. The molecule has 0 heterocycles. The first kappa shape index (κ1) is 11.8. The van der Waals surface area contributed by atoms with Gasteiger partial charge in [0, 0.05) is 7.11 Å². The predicted molar refractivity (Wildman–Crippen MR) is 44.7 cm³/mol. The van der Waals surface area contributed by atoms with Crippen molar-refractivity contribution in [1.29, 1.82) is 0 Å². The van der Waals surface area contributed by atoms with Gasteiger partial charge in [0.25, 0.3) is 0 Å². The molecule has 0 spiro atoms. The molecule has 0 aliphatic carbocycles. The molecule has 0 radical (unpaired) electrons. The van der Waals surface area contributed by atoms with Gasteiger partial charge in [-0.3, -0.25) is 0 Å². The van der Waals surface area contributed by atoms with Crippen LogP contribution in [0, 0.1) is 0 Å². The molecule has 2 atom stereocenters. The van der Waals surface area contributed by atoms with Crippen molar-refractivity contribution in [2.75, 3.05) is 20.5 Å². The largest absolute Gasteiger partial charge is 0.390 e. The molecule has 0 rings (SSSR count). The monoisotopic (exact) mass is 178 g/mol. The quantitative estimate of drug-likeness (QED) is 0.429. The lowest BCUT2D eigenvalue weighted by molar-refractivity contribution is -0.0544. The topological polar surface area (TPSA) is 58.9 Å². The summed E-state index contributed by atoms with van der Waals surface area (Å²) in [6.45, 7) is 2.46. The first-order valence-electron chi connectivity index (χ1n) is 4.15. The van der Waals surface area contributed by atoms with Crippen LogP contribution in [0.2, 0.25) is 0 Å². The molecule has 0 aromatic rings. The van der Waals surface area contributed by atoms with Crippen molar-refractivity contribution in [3.8, 4) is 0 Å². The van der Waals surface area contributed by atoms with E-state index in [2.05, 4.69) is 4.74 Å². The zero-order valence-corrected chi connectivity index (χ0v) is 7.69. The van der Waals surface area contributed by atoms with Gasteiger partial charge in [0.2, 0.25) is 0 Å². The first-order valence-corrected chi connectivity index (χ1v) is 4.15. The van der Waals surface area contributed by atoms with Gasteiger partial charge in [-0.05, 0) is 12.8 Å². The average Bonchev–Trinajstić information content (AvgIpc) is 2.10. The summed E-state index contributed by atoms with van der Waals surface area (Å²) >= 11 is 0. The maximum atomic E-state index is 9.25. The van der Waals surface area contributed by atoms with Crippen LogP contribution in [0.5, 0.6) is 0 Å². The summed E-state index contributed by atoms with van der Waals surface area (Å²) in [6.07, 6.45) is -0.327. The maximum Gasteiger partial charge on any atom is 0.146 e. The molecular weight excluding hydrogens is 160 g/mol. The van der Waals surface area contributed by atoms with Crippen molar-refractivity contribution in [2.45, 2.75) is 32.0 Å². The summed E-state index contributed by atoms with van der Waals surface area (Å²) < 4.78 is 9.60. The van der Waals surface area contributed by atoms with Gasteiger partial charge in [0.15, 0.2) is 0 Å². The van der Waals surface area contributed by atoms with Gasteiger partial charge in [0.1, 0.15) is 6.79 Å². The van der Waals surface area contributed by atoms with Crippen LogP contribution in [-0.2, 0) is 9.47 Å². The van der Waals surface area contributed by atoms with E-state index in [0.29, 0.717) is 19.4 Å². The smallest absolute Gasteiger partial charge is 0.146 e. The first-order chi connectivity index (χ1) is 5.72. The molecule has 0 bridgehead atoms. The summed E-state index contributed by atoms with van der Waals surface area (Å²) in [7, 11) is 1.54. The normalized spacial score (nSPS) is 16.0. The fourth-order valence-corrected chi connectivity index (χ4v) is 0.811. The number of aliphatic hydroxyl groups excluding tert-OH is 2. The van der Waals surface area contributed by atoms with Crippen molar-refractivity contribution in [2.24, 2.45) is 0 Å². The zero-order valence-electron chi connectivity index (χ0n) is 7.69. The highest BCUT2D eigenvalue weighted by atomic mass is 16.7. The molecular formula is C8H18O4. The molecule has 0 aromatic carbocycles. The fourth-order valence-electron chi connectivity index (χ4n) is 0.811. The molecule has 0 amide bonds. The fraction of sp³-hybridized carbons (Fsp3) is 1.00. The van der Waals surface area contributed by atoms with E-state index in [0.717, 1.165) is 0 Å². The van der Waals surface area contributed by atoms with Crippen LogP contribution >= 0.6 is 0 Å². The second-order valence-electron chi connectivity index (χ2n) is 2.65. The van der Waals surface area contributed by atoms with Crippen molar-refractivity contribution in [3.63, 3.8) is 0 Å². The Morgan fingerprint density at radius 1 is 1.25 bits per heavy atom. The molecule has 0 fully saturated rings. The molecule has 0 saturated carbocycles. The molecule has 0 unspecified atom stereocenters. The second kappa shape index (κ2) is 7.49. The highest BCUT2D eigenvalue weighted by Crippen LogP contribution is 2.02. The number of ether oxygens (including phenoxy) is 2. The SMILES string of the molecule is CC[C@@H](O)[C@H](O)CCOCOC. The Morgan fingerprint density at radius 3 is 2.42 bits per heavy atom. The van der Waals surface area contributed by atoms with E-state index < -0.39 is 12.2 Å². The minimum absolute atomic E-state index is 0.231. The molecule has 0 saturated heterocycles. The van der Waals surface area contributed by atoms with Gasteiger partial charge in [-0.15, -0.1) is 0 Å². The Kier molecular flexibility index (Phi) is 7.39. The number of methoxy groups -OCH3 is 1. The van der Waals surface area contributed by atoms with Crippen LogP contribution in [0.3, 0.4) is 0 Å².